The van der Waals surface area contributed by atoms with Crippen LogP contribution < -0.4 is 0 Å². The van der Waals surface area contributed by atoms with Crippen LogP contribution in [0, 0.1) is 0 Å². The summed E-state index contributed by atoms with van der Waals surface area (Å²) in [5.41, 5.74) is 2.62. The first-order valence-corrected chi connectivity index (χ1v) is 18.0. The quantitative estimate of drug-likeness (QED) is 0.149. The van der Waals surface area contributed by atoms with Crippen molar-refractivity contribution in [2.24, 2.45) is 0 Å². The largest absolute Gasteiger partial charge is 0.475 e. The van der Waals surface area contributed by atoms with Gasteiger partial charge in [0.15, 0.2) is 14.6 Å². The molecule has 1 aliphatic rings. The topological polar surface area (TPSA) is 72.5 Å². The number of phosphoric acid groups is 1. The molecule has 0 amide bonds. The lowest BCUT2D eigenvalue weighted by atomic mass is 10.2. The molecule has 3 aromatic carbocycles. The van der Waals surface area contributed by atoms with Gasteiger partial charge >= 0.3 is 7.82 Å². The Labute approximate surface area is 239 Å². The molecule has 0 aromatic heterocycles. The van der Waals surface area contributed by atoms with E-state index >= 15 is 0 Å². The summed E-state index contributed by atoms with van der Waals surface area (Å²) in [6, 6.07) is 28.7. The van der Waals surface area contributed by atoms with Crippen LogP contribution in [0.4, 0.5) is 0 Å². The minimum absolute atomic E-state index is 0.0452. The second kappa shape index (κ2) is 13.7. The molecule has 40 heavy (non-hydrogen) atoms. The van der Waals surface area contributed by atoms with Crippen LogP contribution in [-0.2, 0) is 45.2 Å². The Morgan fingerprint density at radius 1 is 0.700 bits per heavy atom. The highest BCUT2D eigenvalue weighted by molar-refractivity contribution is 7.48. The third-order valence-electron chi connectivity index (χ3n) is 7.36. The Balaban J connectivity index is 1.47. The van der Waals surface area contributed by atoms with E-state index in [-0.39, 0.29) is 24.9 Å². The number of ether oxygens (including phenoxy) is 2. The molecule has 4 rings (SSSR count). The van der Waals surface area contributed by atoms with Gasteiger partial charge in [0.05, 0.1) is 26.4 Å². The molecule has 1 saturated heterocycles. The monoisotopic (exact) mass is 584 g/mol. The molecule has 0 spiro atoms. The summed E-state index contributed by atoms with van der Waals surface area (Å²) in [7, 11) is -6.01. The van der Waals surface area contributed by atoms with E-state index in [0.717, 1.165) is 16.7 Å². The van der Waals surface area contributed by atoms with Crippen molar-refractivity contribution in [3.63, 3.8) is 0 Å². The average Bonchev–Trinajstić information content (AvgIpc) is 3.37. The zero-order valence-electron chi connectivity index (χ0n) is 24.0. The first-order chi connectivity index (χ1) is 19.0. The van der Waals surface area contributed by atoms with E-state index < -0.39 is 34.6 Å². The van der Waals surface area contributed by atoms with Crippen LogP contribution in [-0.4, -0.2) is 33.7 Å². The second-order valence-corrected chi connectivity index (χ2v) is 17.9. The minimum atomic E-state index is -3.97. The summed E-state index contributed by atoms with van der Waals surface area (Å²) in [5, 5.41) is 0.0452. The second-order valence-electron chi connectivity index (χ2n) is 11.4. The van der Waals surface area contributed by atoms with Crippen LogP contribution in [0.15, 0.2) is 91.0 Å². The summed E-state index contributed by atoms with van der Waals surface area (Å²) in [6.07, 6.45) is -1.54. The molecule has 3 atom stereocenters. The molecular formula is C31H41O7PSi. The molecule has 9 heteroatoms. The van der Waals surface area contributed by atoms with Gasteiger partial charge in [0.25, 0.3) is 0 Å². The van der Waals surface area contributed by atoms with Crippen molar-refractivity contribution in [1.29, 1.82) is 0 Å². The minimum Gasteiger partial charge on any atom is -0.414 e. The first kappa shape index (κ1) is 30.8. The molecule has 0 aliphatic carbocycles. The lowest BCUT2D eigenvalue weighted by Crippen LogP contribution is -2.44. The third kappa shape index (κ3) is 8.68. The lowest BCUT2D eigenvalue weighted by molar-refractivity contribution is -0.0769. The van der Waals surface area contributed by atoms with E-state index in [9.17, 15) is 4.57 Å². The molecule has 7 nitrogen and oxygen atoms in total. The smallest absolute Gasteiger partial charge is 0.414 e. The van der Waals surface area contributed by atoms with Gasteiger partial charge in [-0.3, -0.25) is 13.6 Å². The summed E-state index contributed by atoms with van der Waals surface area (Å²) < 4.78 is 50.4. The van der Waals surface area contributed by atoms with Crippen molar-refractivity contribution in [3.05, 3.63) is 108 Å². The molecule has 1 aliphatic heterocycles. The van der Waals surface area contributed by atoms with Gasteiger partial charge in [0.2, 0.25) is 0 Å². The lowest BCUT2D eigenvalue weighted by Gasteiger charge is -2.37. The predicted octanol–water partition coefficient (Wildman–Crippen LogP) is 8.05. The Kier molecular flexibility index (Phi) is 10.5. The molecule has 3 aromatic rings. The molecule has 0 saturated carbocycles. The van der Waals surface area contributed by atoms with Crippen molar-refractivity contribution in [1.82, 2.24) is 0 Å². The molecule has 0 radical (unpaired) electrons. The molecule has 1 unspecified atom stereocenters. The molecule has 0 N–H and O–H groups in total. The summed E-state index contributed by atoms with van der Waals surface area (Å²) >= 11 is 0. The highest BCUT2D eigenvalue weighted by Crippen LogP contribution is 2.51. The van der Waals surface area contributed by atoms with Crippen molar-refractivity contribution < 1.29 is 32.0 Å². The fourth-order valence-corrected chi connectivity index (χ4v) is 6.01. The van der Waals surface area contributed by atoms with Crippen molar-refractivity contribution >= 4 is 16.1 Å². The van der Waals surface area contributed by atoms with Crippen molar-refractivity contribution in [2.45, 2.75) is 70.6 Å². The van der Waals surface area contributed by atoms with Gasteiger partial charge in [-0.15, -0.1) is 0 Å². The highest BCUT2D eigenvalue weighted by atomic mass is 31.2. The number of phosphoric ester groups is 1. The zero-order chi connectivity index (χ0) is 28.6. The van der Waals surface area contributed by atoms with Crippen molar-refractivity contribution in [3.8, 4) is 0 Å². The number of benzene rings is 3. The Morgan fingerprint density at radius 3 is 1.62 bits per heavy atom. The van der Waals surface area contributed by atoms with Crippen LogP contribution in [0.3, 0.4) is 0 Å². The maximum Gasteiger partial charge on any atom is 0.475 e. The number of hydrogen-bond acceptors (Lipinski definition) is 7. The van der Waals surface area contributed by atoms with Crippen molar-refractivity contribution in [2.75, 3.05) is 13.2 Å². The van der Waals surface area contributed by atoms with E-state index in [0.29, 0.717) is 6.61 Å². The Hall–Kier alpha value is -2.13. The highest BCUT2D eigenvalue weighted by Gasteiger charge is 2.43. The summed E-state index contributed by atoms with van der Waals surface area (Å²) in [5.74, 6) is 0. The molecule has 1 fully saturated rings. The zero-order valence-corrected chi connectivity index (χ0v) is 25.9. The van der Waals surface area contributed by atoms with Crippen LogP contribution in [0.5, 0.6) is 0 Å². The van der Waals surface area contributed by atoms with Gasteiger partial charge in [-0.1, -0.05) is 112 Å². The average molecular weight is 585 g/mol. The van der Waals surface area contributed by atoms with Crippen LogP contribution in [0.25, 0.3) is 0 Å². The fraction of sp³-hybridized carbons (Fsp3) is 0.419. The SMILES string of the molecule is CC(C)(C)[Si](C)(C)OC[C@H]1OC(c2ccccc2)O[C@@H]1COP(=O)(OCc1ccccc1)OCc1ccccc1. The molecule has 216 valence electrons. The van der Waals surface area contributed by atoms with E-state index in [1.165, 1.54) is 0 Å². The number of rotatable bonds is 13. The maximum absolute atomic E-state index is 13.8. The Morgan fingerprint density at radius 2 is 1.15 bits per heavy atom. The van der Waals surface area contributed by atoms with Crippen LogP contribution in [0.2, 0.25) is 18.1 Å². The fourth-order valence-electron chi connectivity index (χ4n) is 3.82. The van der Waals surface area contributed by atoms with E-state index in [1.54, 1.807) is 0 Å². The standard InChI is InChI=1S/C31H41O7PSi/c1-31(2,3)40(4,5)36-24-29-28(37-30(38-29)27-19-13-8-14-20-27)23-35-39(32,33-21-25-15-9-6-10-16-25)34-22-26-17-11-7-12-18-26/h6-20,28-30H,21-24H2,1-5H3/t28-,29-,30?/m1/s1. The predicted molar refractivity (Wildman–Crippen MR) is 158 cm³/mol. The van der Waals surface area contributed by atoms with Gasteiger partial charge < -0.3 is 13.9 Å². The molecule has 0 bridgehead atoms. The van der Waals surface area contributed by atoms with E-state index in [2.05, 4.69) is 33.9 Å². The third-order valence-corrected chi connectivity index (χ3v) is 13.2. The molecule has 1 heterocycles. The Bertz CT molecular complexity index is 1170. The maximum atomic E-state index is 13.8. The first-order valence-electron chi connectivity index (χ1n) is 13.7. The van der Waals surface area contributed by atoms with Gasteiger partial charge in [-0.05, 0) is 29.3 Å². The van der Waals surface area contributed by atoms with Crippen LogP contribution >= 0.6 is 7.82 Å². The van der Waals surface area contributed by atoms with Gasteiger partial charge in [-0.2, -0.15) is 0 Å². The van der Waals surface area contributed by atoms with Gasteiger partial charge in [0.1, 0.15) is 12.2 Å². The summed E-state index contributed by atoms with van der Waals surface area (Å²) in [4.78, 5) is 0. The molecular weight excluding hydrogens is 543 g/mol. The normalized spacial score (nSPS) is 20.1. The summed E-state index contributed by atoms with van der Waals surface area (Å²) in [6.45, 7) is 11.5. The van der Waals surface area contributed by atoms with E-state index in [4.69, 9.17) is 27.5 Å². The van der Waals surface area contributed by atoms with Gasteiger partial charge in [-0.25, -0.2) is 4.57 Å². The van der Waals surface area contributed by atoms with Gasteiger partial charge in [0, 0.05) is 5.56 Å². The van der Waals surface area contributed by atoms with E-state index in [1.807, 2.05) is 91.0 Å². The number of hydrogen-bond donors (Lipinski definition) is 0. The van der Waals surface area contributed by atoms with Crippen LogP contribution in [0.1, 0.15) is 43.8 Å².